The molecule has 3 heteroatoms. The van der Waals surface area contributed by atoms with Gasteiger partial charge in [0.05, 0.1) is 0 Å². The highest BCUT2D eigenvalue weighted by Crippen LogP contribution is 1.92. The molecule has 0 saturated carbocycles. The summed E-state index contributed by atoms with van der Waals surface area (Å²) in [7, 11) is 0. The van der Waals surface area contributed by atoms with Gasteiger partial charge in [-0.3, -0.25) is 4.90 Å². The maximum Gasteiger partial charge on any atom is 0.0139 e. The lowest BCUT2D eigenvalue weighted by molar-refractivity contribution is 0.231. The van der Waals surface area contributed by atoms with Crippen LogP contribution in [0, 0.1) is 0 Å². The summed E-state index contributed by atoms with van der Waals surface area (Å²) in [4.78, 5) is 2.40. The summed E-state index contributed by atoms with van der Waals surface area (Å²) in [6, 6.07) is 0.318. The van der Waals surface area contributed by atoms with E-state index < -0.39 is 0 Å². The minimum absolute atomic E-state index is 0.318. The van der Waals surface area contributed by atoms with Gasteiger partial charge in [-0.2, -0.15) is 0 Å². The van der Waals surface area contributed by atoms with Crippen molar-refractivity contribution in [2.45, 2.75) is 13.0 Å². The van der Waals surface area contributed by atoms with Crippen molar-refractivity contribution in [3.8, 4) is 0 Å². The summed E-state index contributed by atoms with van der Waals surface area (Å²) in [5, 5.41) is 3.31. The highest BCUT2D eigenvalue weighted by Gasteiger charge is 2.09. The Morgan fingerprint density at radius 3 is 2.60 bits per heavy atom. The van der Waals surface area contributed by atoms with E-state index in [0.717, 1.165) is 32.7 Å². The molecule has 1 heterocycles. The molecule has 10 heavy (non-hydrogen) atoms. The predicted molar refractivity (Wildman–Crippen MR) is 43.0 cm³/mol. The molecule has 0 aromatic heterocycles. The predicted octanol–water partition coefficient (Wildman–Crippen LogP) is -0.761. The summed E-state index contributed by atoms with van der Waals surface area (Å²) in [5.74, 6) is 0. The van der Waals surface area contributed by atoms with Crippen molar-refractivity contribution in [2.75, 3.05) is 32.7 Å². The lowest BCUT2D eigenvalue weighted by Gasteiger charge is -2.28. The smallest absolute Gasteiger partial charge is 0.0139 e. The normalized spacial score (nSPS) is 24.6. The van der Waals surface area contributed by atoms with Crippen molar-refractivity contribution >= 4 is 0 Å². The second-order valence-electron chi connectivity index (χ2n) is 3.03. The first-order valence-electron chi connectivity index (χ1n) is 3.97. The summed E-state index contributed by atoms with van der Waals surface area (Å²) < 4.78 is 0. The fourth-order valence-electron chi connectivity index (χ4n) is 1.30. The van der Waals surface area contributed by atoms with Crippen molar-refractivity contribution in [3.63, 3.8) is 0 Å². The summed E-state index contributed by atoms with van der Waals surface area (Å²) >= 11 is 0. The van der Waals surface area contributed by atoms with E-state index >= 15 is 0 Å². The first kappa shape index (κ1) is 7.98. The molecule has 0 radical (unpaired) electrons. The van der Waals surface area contributed by atoms with Gasteiger partial charge in [0, 0.05) is 38.8 Å². The Labute approximate surface area is 62.6 Å². The quantitative estimate of drug-likeness (QED) is 0.534. The molecule has 3 nitrogen and oxygen atoms in total. The van der Waals surface area contributed by atoms with Gasteiger partial charge in [-0.15, -0.1) is 0 Å². The van der Waals surface area contributed by atoms with E-state index in [-0.39, 0.29) is 0 Å². The number of rotatable bonds is 2. The number of hydrogen-bond acceptors (Lipinski definition) is 3. The summed E-state index contributed by atoms with van der Waals surface area (Å²) in [6.07, 6.45) is 0. The summed E-state index contributed by atoms with van der Waals surface area (Å²) in [5.41, 5.74) is 5.66. The first-order chi connectivity index (χ1) is 4.79. The van der Waals surface area contributed by atoms with Crippen molar-refractivity contribution in [1.29, 1.82) is 0 Å². The molecular weight excluding hydrogens is 126 g/mol. The third-order valence-corrected chi connectivity index (χ3v) is 1.76. The van der Waals surface area contributed by atoms with Gasteiger partial charge in [0.25, 0.3) is 0 Å². The lowest BCUT2D eigenvalue weighted by atomic mass is 10.3. The fourth-order valence-corrected chi connectivity index (χ4v) is 1.30. The maximum absolute atomic E-state index is 5.66. The molecule has 0 aliphatic carbocycles. The molecule has 1 rings (SSSR count). The second-order valence-corrected chi connectivity index (χ2v) is 3.03. The van der Waals surface area contributed by atoms with Gasteiger partial charge in [-0.25, -0.2) is 0 Å². The SMILES string of the molecule is C[C@@H](N)CN1CCNCC1. The zero-order valence-electron chi connectivity index (χ0n) is 6.64. The first-order valence-corrected chi connectivity index (χ1v) is 3.97. The number of nitrogens with two attached hydrogens (primary N) is 1. The number of nitrogens with one attached hydrogen (secondary N) is 1. The fraction of sp³-hybridized carbons (Fsp3) is 1.00. The van der Waals surface area contributed by atoms with Crippen LogP contribution >= 0.6 is 0 Å². The van der Waals surface area contributed by atoms with Crippen molar-refractivity contribution < 1.29 is 0 Å². The standard InChI is InChI=1S/C7H17N3/c1-7(8)6-10-4-2-9-3-5-10/h7,9H,2-6,8H2,1H3/t7-/m1/s1. The Morgan fingerprint density at radius 1 is 1.50 bits per heavy atom. The van der Waals surface area contributed by atoms with Crippen LogP contribution in [0.3, 0.4) is 0 Å². The Balaban J connectivity index is 2.13. The van der Waals surface area contributed by atoms with E-state index in [1.165, 1.54) is 0 Å². The average Bonchev–Trinajstić information content (AvgIpc) is 1.88. The van der Waals surface area contributed by atoms with Crippen LogP contribution in [-0.2, 0) is 0 Å². The molecule has 60 valence electrons. The van der Waals surface area contributed by atoms with E-state index in [2.05, 4.69) is 17.1 Å². The van der Waals surface area contributed by atoms with Gasteiger partial charge < -0.3 is 11.1 Å². The van der Waals surface area contributed by atoms with Crippen LogP contribution in [0.4, 0.5) is 0 Å². The molecule has 0 bridgehead atoms. The van der Waals surface area contributed by atoms with Gasteiger partial charge in [0.1, 0.15) is 0 Å². The molecule has 1 aliphatic rings. The van der Waals surface area contributed by atoms with E-state index in [0.29, 0.717) is 6.04 Å². The minimum Gasteiger partial charge on any atom is -0.327 e. The topological polar surface area (TPSA) is 41.3 Å². The molecule has 1 aliphatic heterocycles. The highest BCUT2D eigenvalue weighted by molar-refractivity contribution is 4.70. The molecular formula is C7H17N3. The van der Waals surface area contributed by atoms with Crippen molar-refractivity contribution in [1.82, 2.24) is 10.2 Å². The Hall–Kier alpha value is -0.120. The molecule has 1 atom stereocenters. The van der Waals surface area contributed by atoms with E-state index in [4.69, 9.17) is 5.73 Å². The monoisotopic (exact) mass is 143 g/mol. The zero-order chi connectivity index (χ0) is 7.40. The van der Waals surface area contributed by atoms with Gasteiger partial charge in [-0.1, -0.05) is 0 Å². The zero-order valence-corrected chi connectivity index (χ0v) is 6.64. The van der Waals surface area contributed by atoms with Crippen LogP contribution < -0.4 is 11.1 Å². The van der Waals surface area contributed by atoms with Crippen LogP contribution in [0.1, 0.15) is 6.92 Å². The molecule has 0 amide bonds. The van der Waals surface area contributed by atoms with Crippen LogP contribution in [0.15, 0.2) is 0 Å². The number of hydrogen-bond donors (Lipinski definition) is 2. The minimum atomic E-state index is 0.318. The average molecular weight is 143 g/mol. The van der Waals surface area contributed by atoms with Crippen molar-refractivity contribution in [2.24, 2.45) is 5.73 Å². The van der Waals surface area contributed by atoms with E-state index in [9.17, 15) is 0 Å². The largest absolute Gasteiger partial charge is 0.327 e. The Kier molecular flexibility index (Phi) is 3.12. The lowest BCUT2D eigenvalue weighted by Crippen LogP contribution is -2.47. The van der Waals surface area contributed by atoms with Gasteiger partial charge in [0.2, 0.25) is 0 Å². The Morgan fingerprint density at radius 2 is 2.10 bits per heavy atom. The van der Waals surface area contributed by atoms with Gasteiger partial charge in [0.15, 0.2) is 0 Å². The molecule has 0 aromatic rings. The van der Waals surface area contributed by atoms with Crippen molar-refractivity contribution in [3.05, 3.63) is 0 Å². The maximum atomic E-state index is 5.66. The van der Waals surface area contributed by atoms with Crippen LogP contribution in [-0.4, -0.2) is 43.7 Å². The number of piperazine rings is 1. The van der Waals surface area contributed by atoms with E-state index in [1.807, 2.05) is 0 Å². The molecule has 0 spiro atoms. The van der Waals surface area contributed by atoms with Crippen LogP contribution in [0.5, 0.6) is 0 Å². The summed E-state index contributed by atoms with van der Waals surface area (Å²) in [6.45, 7) is 7.65. The number of nitrogens with zero attached hydrogens (tertiary/aromatic N) is 1. The highest BCUT2D eigenvalue weighted by atomic mass is 15.2. The van der Waals surface area contributed by atoms with Crippen LogP contribution in [0.25, 0.3) is 0 Å². The van der Waals surface area contributed by atoms with E-state index in [1.54, 1.807) is 0 Å². The third-order valence-electron chi connectivity index (χ3n) is 1.76. The van der Waals surface area contributed by atoms with Gasteiger partial charge >= 0.3 is 0 Å². The Bertz CT molecular complexity index is 86.9. The second kappa shape index (κ2) is 3.91. The molecule has 0 unspecified atom stereocenters. The third kappa shape index (κ3) is 2.64. The molecule has 1 fully saturated rings. The molecule has 3 N–H and O–H groups in total. The molecule has 1 saturated heterocycles. The van der Waals surface area contributed by atoms with Crippen LogP contribution in [0.2, 0.25) is 0 Å². The molecule has 0 aromatic carbocycles. The van der Waals surface area contributed by atoms with Gasteiger partial charge in [-0.05, 0) is 6.92 Å².